The van der Waals surface area contributed by atoms with E-state index < -0.39 is 0 Å². The molecule has 0 radical (unpaired) electrons. The molecule has 1 fully saturated rings. The molecule has 0 aromatic heterocycles. The number of rotatable bonds is 4. The van der Waals surface area contributed by atoms with Crippen molar-refractivity contribution in [3.8, 4) is 0 Å². The van der Waals surface area contributed by atoms with Crippen LogP contribution in [0.15, 0.2) is 24.3 Å². The average Bonchev–Trinajstić information content (AvgIpc) is 2.38. The van der Waals surface area contributed by atoms with Crippen molar-refractivity contribution >= 4 is 0 Å². The van der Waals surface area contributed by atoms with Gasteiger partial charge in [-0.2, -0.15) is 0 Å². The summed E-state index contributed by atoms with van der Waals surface area (Å²) in [5, 5.41) is 0. The minimum Gasteiger partial charge on any atom is -0.327 e. The van der Waals surface area contributed by atoms with Crippen molar-refractivity contribution in [1.82, 2.24) is 0 Å². The Bertz CT molecular complexity index is 346. The van der Waals surface area contributed by atoms with Crippen LogP contribution in [0.25, 0.3) is 0 Å². The summed E-state index contributed by atoms with van der Waals surface area (Å²) in [5.74, 6) is 1.69. The lowest BCUT2D eigenvalue weighted by Crippen LogP contribution is -2.33. The second kappa shape index (κ2) is 6.38. The van der Waals surface area contributed by atoms with Crippen molar-refractivity contribution in [2.75, 3.05) is 0 Å². The van der Waals surface area contributed by atoms with E-state index in [9.17, 15) is 0 Å². The van der Waals surface area contributed by atoms with Gasteiger partial charge in [-0.1, -0.05) is 49.6 Å². The van der Waals surface area contributed by atoms with E-state index in [1.54, 1.807) is 0 Å². The highest BCUT2D eigenvalue weighted by molar-refractivity contribution is 5.21. The van der Waals surface area contributed by atoms with Crippen LogP contribution in [0.5, 0.6) is 0 Å². The van der Waals surface area contributed by atoms with Gasteiger partial charge in [-0.05, 0) is 50.0 Å². The molecule has 0 heterocycles. The van der Waals surface area contributed by atoms with Gasteiger partial charge in [0.1, 0.15) is 0 Å². The summed E-state index contributed by atoms with van der Waals surface area (Å²) in [5.41, 5.74) is 9.14. The van der Waals surface area contributed by atoms with Crippen molar-refractivity contribution in [1.29, 1.82) is 0 Å². The molecule has 0 aliphatic heterocycles. The highest BCUT2D eigenvalue weighted by atomic mass is 14.6. The molecule has 18 heavy (non-hydrogen) atoms. The Morgan fingerprint density at radius 2 is 1.72 bits per heavy atom. The standard InChI is InChI=1S/C17H27N/c1-13-3-7-15(8-4-13)9-12-17(18)16-10-5-14(2)6-11-16/h3-4,7-8,14,16-17H,5-6,9-12,18H2,1-2H3. The zero-order valence-electron chi connectivity index (χ0n) is 11.9. The summed E-state index contributed by atoms with van der Waals surface area (Å²) in [7, 11) is 0. The quantitative estimate of drug-likeness (QED) is 0.850. The van der Waals surface area contributed by atoms with Gasteiger partial charge in [0, 0.05) is 6.04 Å². The maximum Gasteiger partial charge on any atom is 0.00703 e. The number of hydrogen-bond acceptors (Lipinski definition) is 1. The Labute approximate surface area is 112 Å². The third-order valence-electron chi connectivity index (χ3n) is 4.55. The van der Waals surface area contributed by atoms with E-state index >= 15 is 0 Å². The summed E-state index contributed by atoms with van der Waals surface area (Å²) in [4.78, 5) is 0. The molecule has 0 bridgehead atoms. The molecule has 0 amide bonds. The topological polar surface area (TPSA) is 26.0 Å². The van der Waals surface area contributed by atoms with E-state index in [1.165, 1.54) is 36.8 Å². The fraction of sp³-hybridized carbons (Fsp3) is 0.647. The van der Waals surface area contributed by atoms with E-state index in [0.29, 0.717) is 6.04 Å². The van der Waals surface area contributed by atoms with Crippen LogP contribution in [-0.4, -0.2) is 6.04 Å². The smallest absolute Gasteiger partial charge is 0.00703 e. The molecular formula is C17H27N. The van der Waals surface area contributed by atoms with Gasteiger partial charge in [-0.15, -0.1) is 0 Å². The van der Waals surface area contributed by atoms with Gasteiger partial charge < -0.3 is 5.73 Å². The highest BCUT2D eigenvalue weighted by Crippen LogP contribution is 2.31. The van der Waals surface area contributed by atoms with Gasteiger partial charge >= 0.3 is 0 Å². The third kappa shape index (κ3) is 3.84. The first kappa shape index (κ1) is 13.6. The monoisotopic (exact) mass is 245 g/mol. The normalized spacial score (nSPS) is 25.9. The van der Waals surface area contributed by atoms with Crippen LogP contribution in [0.1, 0.15) is 50.2 Å². The number of benzene rings is 1. The second-order valence-electron chi connectivity index (χ2n) is 6.21. The molecule has 1 nitrogen and oxygen atoms in total. The van der Waals surface area contributed by atoms with Crippen LogP contribution in [0, 0.1) is 18.8 Å². The summed E-state index contributed by atoms with van der Waals surface area (Å²) in [6, 6.07) is 9.28. The molecule has 2 N–H and O–H groups in total. The molecule has 1 aliphatic rings. The number of aryl methyl sites for hydroxylation is 2. The minimum absolute atomic E-state index is 0.402. The average molecular weight is 245 g/mol. The Hall–Kier alpha value is -0.820. The molecule has 1 heteroatoms. The van der Waals surface area contributed by atoms with Crippen molar-refractivity contribution in [3.63, 3.8) is 0 Å². The lowest BCUT2D eigenvalue weighted by molar-refractivity contribution is 0.248. The van der Waals surface area contributed by atoms with Crippen molar-refractivity contribution < 1.29 is 0 Å². The minimum atomic E-state index is 0.402. The Balaban J connectivity index is 1.77. The molecule has 0 spiro atoms. The van der Waals surface area contributed by atoms with E-state index in [2.05, 4.69) is 38.1 Å². The van der Waals surface area contributed by atoms with Crippen molar-refractivity contribution in [2.24, 2.45) is 17.6 Å². The third-order valence-corrected chi connectivity index (χ3v) is 4.55. The first-order valence-corrected chi connectivity index (χ1v) is 7.46. The van der Waals surface area contributed by atoms with Crippen LogP contribution in [0.4, 0.5) is 0 Å². The molecule has 100 valence electrons. The zero-order chi connectivity index (χ0) is 13.0. The van der Waals surface area contributed by atoms with E-state index in [1.807, 2.05) is 0 Å². The van der Waals surface area contributed by atoms with Gasteiger partial charge in [-0.25, -0.2) is 0 Å². The van der Waals surface area contributed by atoms with Gasteiger partial charge in [0.15, 0.2) is 0 Å². The maximum absolute atomic E-state index is 6.37. The molecule has 1 unspecified atom stereocenters. The largest absolute Gasteiger partial charge is 0.327 e. The number of hydrogen-bond donors (Lipinski definition) is 1. The molecule has 1 saturated carbocycles. The summed E-state index contributed by atoms with van der Waals surface area (Å²) < 4.78 is 0. The summed E-state index contributed by atoms with van der Waals surface area (Å²) in [6.07, 6.45) is 7.72. The van der Waals surface area contributed by atoms with Gasteiger partial charge in [0.25, 0.3) is 0 Å². The highest BCUT2D eigenvalue weighted by Gasteiger charge is 2.23. The lowest BCUT2D eigenvalue weighted by Gasteiger charge is -2.30. The summed E-state index contributed by atoms with van der Waals surface area (Å²) in [6.45, 7) is 4.51. The van der Waals surface area contributed by atoms with Crippen LogP contribution < -0.4 is 5.73 Å². The first-order chi connectivity index (χ1) is 8.65. The van der Waals surface area contributed by atoms with E-state index in [4.69, 9.17) is 5.73 Å². The van der Waals surface area contributed by atoms with Gasteiger partial charge in [-0.3, -0.25) is 0 Å². The molecule has 0 saturated heterocycles. The van der Waals surface area contributed by atoms with Crippen LogP contribution in [-0.2, 0) is 6.42 Å². The Morgan fingerprint density at radius 3 is 2.33 bits per heavy atom. The molecular weight excluding hydrogens is 218 g/mol. The summed E-state index contributed by atoms with van der Waals surface area (Å²) >= 11 is 0. The molecule has 1 aromatic rings. The van der Waals surface area contributed by atoms with Crippen LogP contribution >= 0.6 is 0 Å². The molecule has 1 aromatic carbocycles. The maximum atomic E-state index is 6.37. The lowest BCUT2D eigenvalue weighted by atomic mass is 9.78. The fourth-order valence-corrected chi connectivity index (χ4v) is 3.04. The predicted octanol–water partition coefficient (Wildman–Crippen LogP) is 4.08. The van der Waals surface area contributed by atoms with Crippen molar-refractivity contribution in [2.45, 2.75) is 58.4 Å². The van der Waals surface area contributed by atoms with Gasteiger partial charge in [0.2, 0.25) is 0 Å². The van der Waals surface area contributed by atoms with Crippen LogP contribution in [0.3, 0.4) is 0 Å². The Morgan fingerprint density at radius 1 is 1.11 bits per heavy atom. The Kier molecular flexibility index (Phi) is 4.82. The predicted molar refractivity (Wildman–Crippen MR) is 78.6 cm³/mol. The molecule has 1 aliphatic carbocycles. The molecule has 1 atom stereocenters. The zero-order valence-corrected chi connectivity index (χ0v) is 11.9. The van der Waals surface area contributed by atoms with Gasteiger partial charge in [0.05, 0.1) is 0 Å². The first-order valence-electron chi connectivity index (χ1n) is 7.46. The second-order valence-corrected chi connectivity index (χ2v) is 6.21. The van der Waals surface area contributed by atoms with Crippen molar-refractivity contribution in [3.05, 3.63) is 35.4 Å². The molecule has 2 rings (SSSR count). The van der Waals surface area contributed by atoms with E-state index in [-0.39, 0.29) is 0 Å². The number of nitrogens with two attached hydrogens (primary N) is 1. The fourth-order valence-electron chi connectivity index (χ4n) is 3.04. The van der Waals surface area contributed by atoms with E-state index in [0.717, 1.165) is 24.7 Å². The van der Waals surface area contributed by atoms with Crippen LogP contribution in [0.2, 0.25) is 0 Å². The SMILES string of the molecule is Cc1ccc(CCC(N)C2CCC(C)CC2)cc1.